The van der Waals surface area contributed by atoms with Crippen LogP contribution in [0.3, 0.4) is 0 Å². The molecule has 0 unspecified atom stereocenters. The molecule has 0 aliphatic rings. The third-order valence-corrected chi connectivity index (χ3v) is 2.26. The Morgan fingerprint density at radius 1 is 1.62 bits per heavy atom. The fourth-order valence-corrected chi connectivity index (χ4v) is 1.63. The van der Waals surface area contributed by atoms with E-state index in [2.05, 4.69) is 25.8 Å². The first-order valence-corrected chi connectivity index (χ1v) is 4.67. The molecule has 0 spiro atoms. The molecule has 0 bridgehead atoms. The van der Waals surface area contributed by atoms with Gasteiger partial charge in [-0.2, -0.15) is 18.3 Å². The number of alkyl halides is 3. The number of aryl methyl sites for hydroxylation is 1. The molecule has 0 radical (unpaired) electrons. The van der Waals surface area contributed by atoms with Gasteiger partial charge in [0.05, 0.1) is 0 Å². The Bertz CT molecular complexity index is 416. The molecule has 0 fully saturated rings. The average Bonchev–Trinajstić information content (AvgIpc) is 2.38. The molecule has 5 nitrogen and oxygen atoms in total. The molecule has 0 aliphatic heterocycles. The smallest absolute Gasteiger partial charge is 0.436 e. The Balaban J connectivity index is 3.03. The van der Waals surface area contributed by atoms with Crippen molar-refractivity contribution in [3.63, 3.8) is 0 Å². The number of aromatic nitrogens is 2. The Labute approximate surface area is 95.9 Å². The van der Waals surface area contributed by atoms with Crippen molar-refractivity contribution in [3.05, 3.63) is 10.2 Å². The van der Waals surface area contributed by atoms with Gasteiger partial charge in [-0.25, -0.2) is 9.48 Å². The highest BCUT2D eigenvalue weighted by molar-refractivity contribution is 9.10. The number of hydrogen-bond donors (Lipinski definition) is 1. The predicted molar refractivity (Wildman–Crippen MR) is 49.0 cm³/mol. The number of carboxylic acid groups (broad SMARTS) is 1. The second-order valence-corrected chi connectivity index (χ2v) is 3.56. The molecule has 9 heteroatoms. The van der Waals surface area contributed by atoms with Gasteiger partial charge in [-0.3, -0.25) is 0 Å². The van der Waals surface area contributed by atoms with E-state index in [1.165, 1.54) is 7.05 Å². The summed E-state index contributed by atoms with van der Waals surface area (Å²) in [4.78, 5) is 10.2. The van der Waals surface area contributed by atoms with Gasteiger partial charge < -0.3 is 9.84 Å². The minimum atomic E-state index is -4.62. The number of halogens is 4. The standard InChI is InChI=1S/C7H6BrF3N2O3/c1-13-6(16-2-3(14)15)4(8)5(12-13)7(9,10)11/h2H2,1H3,(H,14,15). The second kappa shape index (κ2) is 4.32. The van der Waals surface area contributed by atoms with Crippen LogP contribution in [0.1, 0.15) is 5.69 Å². The number of ether oxygens (including phenoxy) is 1. The predicted octanol–water partition coefficient (Wildman–Crippen LogP) is 1.66. The van der Waals surface area contributed by atoms with Crippen LogP contribution in [-0.4, -0.2) is 27.5 Å². The molecular formula is C7H6BrF3N2O3. The lowest BCUT2D eigenvalue weighted by Gasteiger charge is -2.03. The first-order chi connectivity index (χ1) is 7.23. The summed E-state index contributed by atoms with van der Waals surface area (Å²) in [5.41, 5.74) is -1.16. The maximum Gasteiger partial charge on any atom is 0.436 e. The highest BCUT2D eigenvalue weighted by Gasteiger charge is 2.38. The van der Waals surface area contributed by atoms with Crippen molar-refractivity contribution >= 4 is 21.9 Å². The van der Waals surface area contributed by atoms with Crippen molar-refractivity contribution in [2.75, 3.05) is 6.61 Å². The van der Waals surface area contributed by atoms with Crippen molar-refractivity contribution in [2.45, 2.75) is 6.18 Å². The van der Waals surface area contributed by atoms with Crippen LogP contribution < -0.4 is 4.74 Å². The van der Waals surface area contributed by atoms with E-state index in [0.29, 0.717) is 0 Å². The van der Waals surface area contributed by atoms with E-state index in [-0.39, 0.29) is 5.88 Å². The molecule has 0 saturated heterocycles. The van der Waals surface area contributed by atoms with Crippen LogP contribution in [0.5, 0.6) is 5.88 Å². The molecule has 1 aromatic rings. The van der Waals surface area contributed by atoms with Crippen LogP contribution >= 0.6 is 15.9 Å². The van der Waals surface area contributed by atoms with Gasteiger partial charge in [-0.1, -0.05) is 0 Å². The molecule has 0 saturated carbocycles. The Hall–Kier alpha value is -1.25. The van der Waals surface area contributed by atoms with Gasteiger partial charge in [0.2, 0.25) is 5.88 Å². The monoisotopic (exact) mass is 302 g/mol. The summed E-state index contributed by atoms with van der Waals surface area (Å²) in [6.07, 6.45) is -4.62. The number of carboxylic acids is 1. The molecule has 1 rings (SSSR count). The van der Waals surface area contributed by atoms with E-state index in [0.717, 1.165) is 4.68 Å². The van der Waals surface area contributed by atoms with E-state index >= 15 is 0 Å². The van der Waals surface area contributed by atoms with Gasteiger partial charge in [0, 0.05) is 7.05 Å². The van der Waals surface area contributed by atoms with E-state index < -0.39 is 28.9 Å². The van der Waals surface area contributed by atoms with E-state index in [4.69, 9.17) is 5.11 Å². The van der Waals surface area contributed by atoms with Crippen LogP contribution in [0.4, 0.5) is 13.2 Å². The fraction of sp³-hybridized carbons (Fsp3) is 0.429. The van der Waals surface area contributed by atoms with Gasteiger partial charge in [0.25, 0.3) is 0 Å². The van der Waals surface area contributed by atoms with E-state index in [1.807, 2.05) is 0 Å². The number of hydrogen-bond acceptors (Lipinski definition) is 3. The molecule has 1 aromatic heterocycles. The number of nitrogens with zero attached hydrogens (tertiary/aromatic N) is 2. The van der Waals surface area contributed by atoms with Gasteiger partial charge in [0.15, 0.2) is 12.3 Å². The number of carbonyl (C=O) groups is 1. The zero-order valence-corrected chi connectivity index (χ0v) is 9.46. The third-order valence-electron chi connectivity index (χ3n) is 1.54. The second-order valence-electron chi connectivity index (χ2n) is 2.77. The summed E-state index contributed by atoms with van der Waals surface area (Å²) in [6.45, 7) is -0.741. The average molecular weight is 303 g/mol. The van der Waals surface area contributed by atoms with Crippen LogP contribution in [0.25, 0.3) is 0 Å². The van der Waals surface area contributed by atoms with Gasteiger partial charge in [-0.15, -0.1) is 0 Å². The highest BCUT2D eigenvalue weighted by Crippen LogP contribution is 2.38. The summed E-state index contributed by atoms with van der Waals surface area (Å²) in [5.74, 6) is -1.57. The van der Waals surface area contributed by atoms with Gasteiger partial charge in [-0.05, 0) is 15.9 Å². The maximum atomic E-state index is 12.4. The van der Waals surface area contributed by atoms with Crippen LogP contribution in [0.15, 0.2) is 4.47 Å². The van der Waals surface area contributed by atoms with Crippen LogP contribution in [-0.2, 0) is 18.0 Å². The molecule has 90 valence electrons. The van der Waals surface area contributed by atoms with Gasteiger partial charge in [0.1, 0.15) is 4.47 Å². The normalized spacial score (nSPS) is 11.6. The van der Waals surface area contributed by atoms with Crippen molar-refractivity contribution in [1.82, 2.24) is 9.78 Å². The molecule has 1 heterocycles. The molecule has 0 aromatic carbocycles. The van der Waals surface area contributed by atoms with Crippen molar-refractivity contribution < 1.29 is 27.8 Å². The SMILES string of the molecule is Cn1nc(C(F)(F)F)c(Br)c1OCC(=O)O. The quantitative estimate of drug-likeness (QED) is 0.922. The molecule has 0 amide bonds. The zero-order chi connectivity index (χ0) is 12.5. The fourth-order valence-electron chi connectivity index (χ4n) is 0.951. The van der Waals surface area contributed by atoms with Crippen molar-refractivity contribution in [3.8, 4) is 5.88 Å². The van der Waals surface area contributed by atoms with Gasteiger partial charge >= 0.3 is 12.1 Å². The summed E-state index contributed by atoms with van der Waals surface area (Å²) < 4.78 is 42.2. The van der Waals surface area contributed by atoms with E-state index in [1.54, 1.807) is 0 Å². The van der Waals surface area contributed by atoms with Crippen LogP contribution in [0, 0.1) is 0 Å². The first kappa shape index (κ1) is 12.8. The van der Waals surface area contributed by atoms with Crippen LogP contribution in [0.2, 0.25) is 0 Å². The summed E-state index contributed by atoms with van der Waals surface area (Å²) in [6, 6.07) is 0. The number of aliphatic carboxylic acids is 1. The van der Waals surface area contributed by atoms with E-state index in [9.17, 15) is 18.0 Å². The molecule has 16 heavy (non-hydrogen) atoms. The van der Waals surface area contributed by atoms with Crippen molar-refractivity contribution in [2.24, 2.45) is 7.05 Å². The first-order valence-electron chi connectivity index (χ1n) is 3.87. The largest absolute Gasteiger partial charge is 0.479 e. The highest BCUT2D eigenvalue weighted by atomic mass is 79.9. The summed E-state index contributed by atoms with van der Waals surface area (Å²) >= 11 is 2.67. The number of rotatable bonds is 3. The third kappa shape index (κ3) is 2.65. The lowest BCUT2D eigenvalue weighted by Crippen LogP contribution is -2.11. The lowest BCUT2D eigenvalue weighted by molar-refractivity contribution is -0.142. The molecule has 0 aliphatic carbocycles. The topological polar surface area (TPSA) is 64.4 Å². The Kier molecular flexibility index (Phi) is 3.46. The Morgan fingerprint density at radius 2 is 2.19 bits per heavy atom. The molecular weight excluding hydrogens is 297 g/mol. The lowest BCUT2D eigenvalue weighted by atomic mass is 10.4. The Morgan fingerprint density at radius 3 is 2.56 bits per heavy atom. The van der Waals surface area contributed by atoms with Crippen molar-refractivity contribution in [1.29, 1.82) is 0 Å². The molecule has 0 atom stereocenters. The summed E-state index contributed by atoms with van der Waals surface area (Å²) in [7, 11) is 1.22. The minimum absolute atomic E-state index is 0.283. The molecule has 1 N–H and O–H groups in total. The minimum Gasteiger partial charge on any atom is -0.479 e. The maximum absolute atomic E-state index is 12.4. The zero-order valence-electron chi connectivity index (χ0n) is 7.88. The summed E-state index contributed by atoms with van der Waals surface area (Å²) in [5, 5.41) is 11.5.